The molecule has 4 aromatic carbocycles. The fraction of sp³-hybridized carbons (Fsp3) is 0.0357. The molecular formula is C28H21N3O3. The Balaban J connectivity index is 1.43. The molecule has 1 aliphatic heterocycles. The normalized spacial score (nSPS) is 14.5. The van der Waals surface area contributed by atoms with E-state index in [0.717, 1.165) is 16.1 Å². The number of amides is 4. The highest BCUT2D eigenvalue weighted by atomic mass is 16.2. The molecule has 4 aromatic rings. The average molecular weight is 447 g/mol. The monoisotopic (exact) mass is 447 g/mol. The van der Waals surface area contributed by atoms with Crippen LogP contribution in [0.15, 0.2) is 115 Å². The zero-order valence-electron chi connectivity index (χ0n) is 18.1. The lowest BCUT2D eigenvalue weighted by molar-refractivity contribution is -0.131. The van der Waals surface area contributed by atoms with Crippen molar-refractivity contribution >= 4 is 17.8 Å². The standard InChI is InChI=1S/C28H21N3O3/c32-25(22-18-16-21(17-19-22)20-10-4-1-5-11-20)30-31-26(33)28(29-27(31)34,23-12-6-2-7-13-23)24-14-8-3-9-15-24/h1-19H,(H,29,34)(H,30,32). The smallest absolute Gasteiger partial charge is 0.314 e. The third-order valence-electron chi connectivity index (χ3n) is 5.90. The molecule has 0 bridgehead atoms. The predicted octanol–water partition coefficient (Wildman–Crippen LogP) is 4.49. The maximum absolute atomic E-state index is 13.7. The molecule has 0 unspecified atom stereocenters. The number of hydrogen-bond acceptors (Lipinski definition) is 3. The largest absolute Gasteiger partial charge is 0.344 e. The van der Waals surface area contributed by atoms with Gasteiger partial charge in [0.1, 0.15) is 0 Å². The quantitative estimate of drug-likeness (QED) is 0.443. The minimum atomic E-state index is -1.44. The summed E-state index contributed by atoms with van der Waals surface area (Å²) in [4.78, 5) is 39.5. The van der Waals surface area contributed by atoms with Gasteiger partial charge in [0.05, 0.1) is 0 Å². The molecule has 34 heavy (non-hydrogen) atoms. The summed E-state index contributed by atoms with van der Waals surface area (Å²) in [5.41, 5.74) is 4.56. The molecule has 6 heteroatoms. The van der Waals surface area contributed by atoms with Crippen LogP contribution in [0.25, 0.3) is 11.1 Å². The first-order chi connectivity index (χ1) is 16.6. The lowest BCUT2D eigenvalue weighted by Crippen LogP contribution is -2.49. The molecule has 0 atom stereocenters. The van der Waals surface area contributed by atoms with Gasteiger partial charge in [-0.05, 0) is 34.4 Å². The summed E-state index contributed by atoms with van der Waals surface area (Å²) in [6, 6.07) is 34.1. The third kappa shape index (κ3) is 3.61. The SMILES string of the molecule is O=C(NN1C(=O)NC(c2ccccc2)(c2ccccc2)C1=O)c1ccc(-c2ccccc2)cc1. The number of imide groups is 1. The third-order valence-corrected chi connectivity index (χ3v) is 5.90. The van der Waals surface area contributed by atoms with Crippen LogP contribution >= 0.6 is 0 Å². The second-order valence-corrected chi connectivity index (χ2v) is 7.94. The van der Waals surface area contributed by atoms with Gasteiger partial charge in [0.2, 0.25) is 0 Å². The number of hydrogen-bond donors (Lipinski definition) is 2. The number of carbonyl (C=O) groups is 3. The van der Waals surface area contributed by atoms with Crippen molar-refractivity contribution in [2.75, 3.05) is 0 Å². The lowest BCUT2D eigenvalue weighted by Gasteiger charge is -2.27. The topological polar surface area (TPSA) is 78.5 Å². The molecule has 2 N–H and O–H groups in total. The Labute approximate surface area is 196 Å². The molecule has 0 aromatic heterocycles. The fourth-order valence-electron chi connectivity index (χ4n) is 4.18. The molecular weight excluding hydrogens is 426 g/mol. The van der Waals surface area contributed by atoms with Crippen LogP contribution in [-0.2, 0) is 10.3 Å². The van der Waals surface area contributed by atoms with Crippen LogP contribution in [0.2, 0.25) is 0 Å². The second-order valence-electron chi connectivity index (χ2n) is 7.94. The predicted molar refractivity (Wildman–Crippen MR) is 128 cm³/mol. The Kier molecular flexibility index (Phi) is 5.40. The van der Waals surface area contributed by atoms with Crippen molar-refractivity contribution in [2.45, 2.75) is 5.54 Å². The molecule has 0 radical (unpaired) electrons. The van der Waals surface area contributed by atoms with Gasteiger partial charge in [0, 0.05) is 5.56 Å². The number of nitrogens with one attached hydrogen (secondary N) is 2. The molecule has 6 nitrogen and oxygen atoms in total. The summed E-state index contributed by atoms with van der Waals surface area (Å²) < 4.78 is 0. The van der Waals surface area contributed by atoms with Crippen LogP contribution in [0.5, 0.6) is 0 Å². The molecule has 1 aliphatic rings. The molecule has 5 rings (SSSR count). The van der Waals surface area contributed by atoms with Crippen LogP contribution in [0.4, 0.5) is 4.79 Å². The Bertz CT molecular complexity index is 1300. The van der Waals surface area contributed by atoms with Crippen molar-refractivity contribution in [3.63, 3.8) is 0 Å². The van der Waals surface area contributed by atoms with E-state index >= 15 is 0 Å². The van der Waals surface area contributed by atoms with E-state index in [0.29, 0.717) is 16.7 Å². The number of benzene rings is 4. The van der Waals surface area contributed by atoms with Gasteiger partial charge in [0.15, 0.2) is 5.54 Å². The summed E-state index contributed by atoms with van der Waals surface area (Å²) in [5.74, 6) is -1.14. The Morgan fingerprint density at radius 3 is 1.65 bits per heavy atom. The highest BCUT2D eigenvalue weighted by Crippen LogP contribution is 2.35. The van der Waals surface area contributed by atoms with Gasteiger partial charge < -0.3 is 5.32 Å². The van der Waals surface area contributed by atoms with Gasteiger partial charge in [-0.25, -0.2) is 4.79 Å². The van der Waals surface area contributed by atoms with Crippen LogP contribution < -0.4 is 10.7 Å². The number of urea groups is 1. The summed E-state index contributed by atoms with van der Waals surface area (Å²) in [6.07, 6.45) is 0. The van der Waals surface area contributed by atoms with Crippen LogP contribution in [-0.4, -0.2) is 22.9 Å². The minimum absolute atomic E-state index is 0.331. The maximum atomic E-state index is 13.7. The van der Waals surface area contributed by atoms with Gasteiger partial charge in [-0.3, -0.25) is 15.0 Å². The van der Waals surface area contributed by atoms with Crippen LogP contribution in [0.1, 0.15) is 21.5 Å². The number of nitrogens with zero attached hydrogens (tertiary/aromatic N) is 1. The number of hydrazine groups is 1. The van der Waals surface area contributed by atoms with Crippen molar-refractivity contribution in [1.29, 1.82) is 0 Å². The summed E-state index contributed by atoms with van der Waals surface area (Å²) in [6.45, 7) is 0. The van der Waals surface area contributed by atoms with E-state index in [1.54, 1.807) is 60.7 Å². The Morgan fingerprint density at radius 1 is 0.647 bits per heavy atom. The van der Waals surface area contributed by atoms with Crippen LogP contribution in [0, 0.1) is 0 Å². The number of carbonyl (C=O) groups excluding carboxylic acids is 3. The van der Waals surface area contributed by atoms with E-state index < -0.39 is 23.4 Å². The second kappa shape index (κ2) is 8.67. The lowest BCUT2D eigenvalue weighted by atomic mass is 9.83. The van der Waals surface area contributed by atoms with E-state index in [1.807, 2.05) is 54.6 Å². The molecule has 166 valence electrons. The Hall–Kier alpha value is -4.71. The van der Waals surface area contributed by atoms with Crippen molar-refractivity contribution in [1.82, 2.24) is 15.8 Å². The van der Waals surface area contributed by atoms with E-state index in [4.69, 9.17) is 0 Å². The van der Waals surface area contributed by atoms with Gasteiger partial charge >= 0.3 is 6.03 Å². The molecule has 1 saturated heterocycles. The van der Waals surface area contributed by atoms with E-state index in [9.17, 15) is 14.4 Å². The molecule has 0 aliphatic carbocycles. The van der Waals surface area contributed by atoms with Crippen molar-refractivity contribution < 1.29 is 14.4 Å². The van der Waals surface area contributed by atoms with Gasteiger partial charge in [-0.15, -0.1) is 0 Å². The molecule has 0 spiro atoms. The zero-order valence-corrected chi connectivity index (χ0v) is 18.1. The highest BCUT2D eigenvalue weighted by Gasteiger charge is 2.54. The fourth-order valence-corrected chi connectivity index (χ4v) is 4.18. The first-order valence-electron chi connectivity index (χ1n) is 10.8. The Morgan fingerprint density at radius 2 is 1.12 bits per heavy atom. The van der Waals surface area contributed by atoms with E-state index in [1.165, 1.54) is 0 Å². The maximum Gasteiger partial charge on any atom is 0.344 e. The van der Waals surface area contributed by atoms with Gasteiger partial charge in [0.25, 0.3) is 11.8 Å². The van der Waals surface area contributed by atoms with Gasteiger partial charge in [-0.2, -0.15) is 5.01 Å². The van der Waals surface area contributed by atoms with Crippen LogP contribution in [0.3, 0.4) is 0 Å². The number of rotatable bonds is 5. The van der Waals surface area contributed by atoms with E-state index in [2.05, 4.69) is 10.7 Å². The average Bonchev–Trinajstić information content (AvgIpc) is 3.16. The zero-order chi connectivity index (χ0) is 23.5. The van der Waals surface area contributed by atoms with Crippen molar-refractivity contribution in [2.24, 2.45) is 0 Å². The molecule has 4 amide bonds. The first kappa shape index (κ1) is 21.2. The van der Waals surface area contributed by atoms with Crippen molar-refractivity contribution in [3.05, 3.63) is 132 Å². The molecule has 1 heterocycles. The summed E-state index contributed by atoms with van der Waals surface area (Å²) in [7, 11) is 0. The molecule has 0 saturated carbocycles. The van der Waals surface area contributed by atoms with Crippen molar-refractivity contribution in [3.8, 4) is 11.1 Å². The minimum Gasteiger partial charge on any atom is -0.314 e. The summed E-state index contributed by atoms with van der Waals surface area (Å²) in [5, 5.41) is 3.57. The molecule has 1 fully saturated rings. The van der Waals surface area contributed by atoms with E-state index in [-0.39, 0.29) is 0 Å². The highest BCUT2D eigenvalue weighted by molar-refractivity contribution is 6.11. The van der Waals surface area contributed by atoms with Gasteiger partial charge in [-0.1, -0.05) is 103 Å². The first-order valence-corrected chi connectivity index (χ1v) is 10.8. The summed E-state index contributed by atoms with van der Waals surface area (Å²) >= 11 is 0.